The number of rotatable bonds is 5. The van der Waals surface area contributed by atoms with Crippen LogP contribution in [0.3, 0.4) is 0 Å². The van der Waals surface area contributed by atoms with Crippen molar-refractivity contribution in [2.75, 3.05) is 19.5 Å². The van der Waals surface area contributed by atoms with Crippen LogP contribution in [0.5, 0.6) is 5.75 Å². The Balaban J connectivity index is 2.01. The highest BCUT2D eigenvalue weighted by molar-refractivity contribution is 7.80. The van der Waals surface area contributed by atoms with Gasteiger partial charge in [-0.1, -0.05) is 18.2 Å². The number of esters is 1. The smallest absolute Gasteiger partial charge is 0.341 e. The van der Waals surface area contributed by atoms with Crippen LogP contribution >= 0.6 is 12.2 Å². The summed E-state index contributed by atoms with van der Waals surface area (Å²) in [4.78, 5) is 11.8. The van der Waals surface area contributed by atoms with Gasteiger partial charge in [0.25, 0.3) is 0 Å². The Hall–Kier alpha value is -2.60. The van der Waals surface area contributed by atoms with Crippen molar-refractivity contribution < 1.29 is 14.3 Å². The van der Waals surface area contributed by atoms with Gasteiger partial charge in [0, 0.05) is 12.2 Å². The van der Waals surface area contributed by atoms with Crippen LogP contribution in [0.4, 0.5) is 5.69 Å². The molecule has 0 aliphatic carbocycles. The molecule has 0 aromatic heterocycles. The van der Waals surface area contributed by atoms with Crippen LogP contribution in [0, 0.1) is 6.92 Å². The SMILES string of the molecule is COC(=O)c1cc(CNC(=S)Nc2cccc(C)c2)ccc1OC. The van der Waals surface area contributed by atoms with Gasteiger partial charge in [-0.25, -0.2) is 4.79 Å². The minimum absolute atomic E-state index is 0.386. The molecule has 0 bridgehead atoms. The highest BCUT2D eigenvalue weighted by atomic mass is 32.1. The summed E-state index contributed by atoms with van der Waals surface area (Å²) < 4.78 is 9.95. The zero-order chi connectivity index (χ0) is 17.5. The molecule has 2 N–H and O–H groups in total. The van der Waals surface area contributed by atoms with Gasteiger partial charge in [-0.15, -0.1) is 0 Å². The molecule has 0 saturated carbocycles. The van der Waals surface area contributed by atoms with Crippen molar-refractivity contribution in [3.05, 3.63) is 59.2 Å². The van der Waals surface area contributed by atoms with Gasteiger partial charge >= 0.3 is 5.97 Å². The number of methoxy groups -OCH3 is 2. The maximum atomic E-state index is 11.8. The van der Waals surface area contributed by atoms with E-state index >= 15 is 0 Å². The van der Waals surface area contributed by atoms with Gasteiger partial charge < -0.3 is 20.1 Å². The third kappa shape index (κ3) is 4.70. The molecule has 0 amide bonds. The molecule has 0 unspecified atom stereocenters. The molecule has 126 valence electrons. The van der Waals surface area contributed by atoms with Gasteiger partial charge in [0.05, 0.1) is 14.2 Å². The van der Waals surface area contributed by atoms with Gasteiger partial charge in [-0.3, -0.25) is 0 Å². The molecule has 2 rings (SSSR count). The number of carbonyl (C=O) groups excluding carboxylic acids is 1. The molecule has 0 spiro atoms. The Morgan fingerprint density at radius 3 is 2.62 bits per heavy atom. The second-order valence-electron chi connectivity index (χ2n) is 5.20. The molecular formula is C18H20N2O3S. The second kappa shape index (κ2) is 8.31. The third-order valence-corrected chi connectivity index (χ3v) is 3.64. The third-order valence-electron chi connectivity index (χ3n) is 3.40. The lowest BCUT2D eigenvalue weighted by Crippen LogP contribution is -2.28. The van der Waals surface area contributed by atoms with Gasteiger partial charge in [0.1, 0.15) is 11.3 Å². The molecule has 2 aromatic carbocycles. The number of anilines is 1. The normalized spacial score (nSPS) is 9.96. The summed E-state index contributed by atoms with van der Waals surface area (Å²) >= 11 is 5.30. The lowest BCUT2D eigenvalue weighted by molar-refractivity contribution is 0.0597. The molecule has 2 aromatic rings. The largest absolute Gasteiger partial charge is 0.496 e. The monoisotopic (exact) mass is 344 g/mol. The summed E-state index contributed by atoms with van der Waals surface area (Å²) in [5.74, 6) is 0.0419. The van der Waals surface area contributed by atoms with Crippen molar-refractivity contribution in [1.29, 1.82) is 0 Å². The summed E-state index contributed by atoms with van der Waals surface area (Å²) in [7, 11) is 2.86. The first-order valence-corrected chi connectivity index (χ1v) is 7.81. The lowest BCUT2D eigenvalue weighted by atomic mass is 10.1. The van der Waals surface area contributed by atoms with Gasteiger partial charge in [0.15, 0.2) is 5.11 Å². The predicted octanol–water partition coefficient (Wildman–Crippen LogP) is 3.28. The highest BCUT2D eigenvalue weighted by Gasteiger charge is 2.13. The van der Waals surface area contributed by atoms with Gasteiger partial charge in [-0.2, -0.15) is 0 Å². The zero-order valence-electron chi connectivity index (χ0n) is 13.9. The van der Waals surface area contributed by atoms with Crippen molar-refractivity contribution in [1.82, 2.24) is 5.32 Å². The van der Waals surface area contributed by atoms with Crippen LogP contribution in [-0.4, -0.2) is 25.3 Å². The molecule has 0 radical (unpaired) electrons. The molecule has 0 atom stereocenters. The van der Waals surface area contributed by atoms with Gasteiger partial charge in [-0.05, 0) is 54.5 Å². The van der Waals surface area contributed by atoms with Crippen molar-refractivity contribution in [2.45, 2.75) is 13.5 Å². The summed E-state index contributed by atoms with van der Waals surface area (Å²) in [6, 6.07) is 13.3. The quantitative estimate of drug-likeness (QED) is 0.641. The van der Waals surface area contributed by atoms with Crippen molar-refractivity contribution >= 4 is 29.0 Å². The number of benzene rings is 2. The first kappa shape index (κ1) is 17.7. The van der Waals surface area contributed by atoms with E-state index in [2.05, 4.69) is 10.6 Å². The fourth-order valence-corrected chi connectivity index (χ4v) is 2.41. The Morgan fingerprint density at radius 2 is 1.96 bits per heavy atom. The van der Waals surface area contributed by atoms with E-state index < -0.39 is 5.97 Å². The Labute approximate surface area is 147 Å². The van der Waals surface area contributed by atoms with Crippen LogP contribution < -0.4 is 15.4 Å². The van der Waals surface area contributed by atoms with E-state index in [0.717, 1.165) is 16.8 Å². The van der Waals surface area contributed by atoms with Crippen molar-refractivity contribution in [3.63, 3.8) is 0 Å². The maximum absolute atomic E-state index is 11.8. The van der Waals surface area contributed by atoms with E-state index in [1.807, 2.05) is 37.3 Å². The maximum Gasteiger partial charge on any atom is 0.341 e. The lowest BCUT2D eigenvalue weighted by Gasteiger charge is -2.13. The first-order chi connectivity index (χ1) is 11.5. The van der Waals surface area contributed by atoms with Crippen molar-refractivity contribution in [2.24, 2.45) is 0 Å². The van der Waals surface area contributed by atoms with E-state index in [-0.39, 0.29) is 0 Å². The average Bonchev–Trinajstić information content (AvgIpc) is 2.59. The number of nitrogens with one attached hydrogen (secondary N) is 2. The Morgan fingerprint density at radius 1 is 1.17 bits per heavy atom. The molecule has 6 heteroatoms. The van der Waals surface area contributed by atoms with Crippen LogP contribution in [-0.2, 0) is 11.3 Å². The molecule has 0 saturated heterocycles. The molecule has 0 fully saturated rings. The van der Waals surface area contributed by atoms with E-state index in [1.165, 1.54) is 14.2 Å². The summed E-state index contributed by atoms with van der Waals surface area (Å²) in [6.07, 6.45) is 0. The van der Waals surface area contributed by atoms with Crippen LogP contribution in [0.25, 0.3) is 0 Å². The van der Waals surface area contributed by atoms with E-state index in [9.17, 15) is 4.79 Å². The Kier molecular flexibility index (Phi) is 6.14. The fourth-order valence-electron chi connectivity index (χ4n) is 2.22. The predicted molar refractivity (Wildman–Crippen MR) is 98.6 cm³/mol. The number of carbonyl (C=O) groups is 1. The van der Waals surface area contributed by atoms with Crippen LogP contribution in [0.15, 0.2) is 42.5 Å². The topological polar surface area (TPSA) is 59.6 Å². The van der Waals surface area contributed by atoms with Crippen LogP contribution in [0.1, 0.15) is 21.5 Å². The number of ether oxygens (including phenoxy) is 2. The number of thiocarbonyl (C=S) groups is 1. The van der Waals surface area contributed by atoms with E-state index in [0.29, 0.717) is 23.0 Å². The van der Waals surface area contributed by atoms with E-state index in [1.54, 1.807) is 12.1 Å². The molecule has 0 aliphatic heterocycles. The molecule has 5 nitrogen and oxygen atoms in total. The fraction of sp³-hybridized carbons (Fsp3) is 0.222. The zero-order valence-corrected chi connectivity index (χ0v) is 14.7. The number of hydrogen-bond acceptors (Lipinski definition) is 4. The summed E-state index contributed by atoms with van der Waals surface area (Å²) in [6.45, 7) is 2.50. The second-order valence-corrected chi connectivity index (χ2v) is 5.61. The average molecular weight is 344 g/mol. The minimum atomic E-state index is -0.436. The number of aryl methyl sites for hydroxylation is 1. The number of hydrogen-bond donors (Lipinski definition) is 2. The Bertz CT molecular complexity index is 747. The summed E-state index contributed by atoms with van der Waals surface area (Å²) in [5, 5.41) is 6.75. The van der Waals surface area contributed by atoms with E-state index in [4.69, 9.17) is 21.7 Å². The highest BCUT2D eigenvalue weighted by Crippen LogP contribution is 2.20. The molecular weight excluding hydrogens is 324 g/mol. The van der Waals surface area contributed by atoms with Gasteiger partial charge in [0.2, 0.25) is 0 Å². The standard InChI is InChI=1S/C18H20N2O3S/c1-12-5-4-6-14(9-12)20-18(24)19-11-13-7-8-16(22-2)15(10-13)17(21)23-3/h4-10H,11H2,1-3H3,(H2,19,20,24). The summed E-state index contributed by atoms with van der Waals surface area (Å²) in [5.41, 5.74) is 3.36. The molecule has 0 aliphatic rings. The minimum Gasteiger partial charge on any atom is -0.496 e. The first-order valence-electron chi connectivity index (χ1n) is 7.40. The van der Waals surface area contributed by atoms with Crippen molar-refractivity contribution in [3.8, 4) is 5.75 Å². The molecule has 0 heterocycles. The molecule has 24 heavy (non-hydrogen) atoms. The van der Waals surface area contributed by atoms with Crippen LogP contribution in [0.2, 0.25) is 0 Å².